The van der Waals surface area contributed by atoms with Crippen molar-refractivity contribution in [3.63, 3.8) is 0 Å². The highest BCUT2D eigenvalue weighted by Crippen LogP contribution is 2.62. The highest BCUT2D eigenvalue weighted by atomic mass is 35.5. The molecule has 0 saturated heterocycles. The Morgan fingerprint density at radius 1 is 1.50 bits per heavy atom. The number of hydrogen-bond donors (Lipinski definition) is 0. The molecule has 0 radical (unpaired) electrons. The molecule has 2 atom stereocenters. The van der Waals surface area contributed by atoms with E-state index in [1.165, 1.54) is 24.0 Å². The zero-order chi connectivity index (χ0) is 9.92. The van der Waals surface area contributed by atoms with Gasteiger partial charge in [-0.3, -0.25) is 0 Å². The van der Waals surface area contributed by atoms with Crippen molar-refractivity contribution in [2.45, 2.75) is 32.6 Å². The maximum Gasteiger partial charge on any atom is 0.129 e. The summed E-state index contributed by atoms with van der Waals surface area (Å²) in [5.41, 5.74) is 3.37. The number of hydrogen-bond acceptors (Lipinski definition) is 1. The normalized spacial score (nSPS) is 31.9. The topological polar surface area (TPSA) is 12.9 Å². The van der Waals surface area contributed by atoms with Crippen LogP contribution in [0.4, 0.5) is 0 Å². The number of rotatable bonds is 0. The quantitative estimate of drug-likeness (QED) is 0.594. The number of pyridine rings is 1. The van der Waals surface area contributed by atoms with Gasteiger partial charge in [-0.05, 0) is 47.3 Å². The first kappa shape index (κ1) is 8.72. The Kier molecular flexibility index (Phi) is 1.57. The van der Waals surface area contributed by atoms with Crippen LogP contribution in [0.3, 0.4) is 0 Å². The molecular formula is C12H14ClN. The molecule has 1 aromatic rings. The third kappa shape index (κ3) is 0.939. The van der Waals surface area contributed by atoms with Gasteiger partial charge >= 0.3 is 0 Å². The third-order valence-electron chi connectivity index (χ3n) is 4.30. The highest BCUT2D eigenvalue weighted by Gasteiger charge is 2.52. The average molecular weight is 208 g/mol. The lowest BCUT2D eigenvalue weighted by Crippen LogP contribution is -2.48. The monoisotopic (exact) mass is 207 g/mol. The number of aromatic nitrogens is 1. The molecule has 1 nitrogen and oxygen atoms in total. The minimum absolute atomic E-state index is 0.484. The van der Waals surface area contributed by atoms with Crippen LogP contribution in [0.2, 0.25) is 5.15 Å². The Bertz CT molecular complexity index is 397. The molecule has 0 N–H and O–H groups in total. The fourth-order valence-corrected chi connectivity index (χ4v) is 3.29. The Morgan fingerprint density at radius 2 is 2.29 bits per heavy atom. The lowest BCUT2D eigenvalue weighted by molar-refractivity contribution is 0.0184. The molecule has 0 aromatic carbocycles. The lowest BCUT2D eigenvalue weighted by atomic mass is 9.48. The summed E-state index contributed by atoms with van der Waals surface area (Å²) < 4.78 is 0. The first-order chi connectivity index (χ1) is 6.59. The smallest absolute Gasteiger partial charge is 0.129 e. The van der Waals surface area contributed by atoms with E-state index in [0.717, 1.165) is 11.8 Å². The molecule has 0 spiro atoms. The summed E-state index contributed by atoms with van der Waals surface area (Å²) in [7, 11) is 0. The van der Waals surface area contributed by atoms with Gasteiger partial charge in [-0.1, -0.05) is 25.4 Å². The number of halogens is 1. The van der Waals surface area contributed by atoms with Crippen LogP contribution >= 0.6 is 11.6 Å². The fraction of sp³-hybridized carbons (Fsp3) is 0.583. The highest BCUT2D eigenvalue weighted by molar-refractivity contribution is 6.29. The largest absolute Gasteiger partial charge is 0.244 e. The lowest BCUT2D eigenvalue weighted by Gasteiger charge is -2.57. The van der Waals surface area contributed by atoms with E-state index >= 15 is 0 Å². The third-order valence-corrected chi connectivity index (χ3v) is 4.51. The molecule has 0 amide bonds. The van der Waals surface area contributed by atoms with Crippen LogP contribution in [0.15, 0.2) is 12.3 Å². The summed E-state index contributed by atoms with van der Waals surface area (Å²) in [6, 6.07) is 2.07. The Hall–Kier alpha value is -0.560. The summed E-state index contributed by atoms with van der Waals surface area (Å²) in [5.74, 6) is 1.58. The van der Waals surface area contributed by atoms with E-state index < -0.39 is 0 Å². The SMILES string of the molecule is CC1(C)C2Cc3cnc(Cl)cc3C1C2. The van der Waals surface area contributed by atoms with E-state index in [4.69, 9.17) is 11.6 Å². The van der Waals surface area contributed by atoms with Crippen molar-refractivity contribution in [2.75, 3.05) is 0 Å². The summed E-state index contributed by atoms with van der Waals surface area (Å²) >= 11 is 5.94. The Balaban J connectivity index is 2.13. The molecule has 2 heteroatoms. The minimum Gasteiger partial charge on any atom is -0.244 e. The van der Waals surface area contributed by atoms with Crippen LogP contribution in [0.1, 0.15) is 37.3 Å². The molecule has 3 aliphatic carbocycles. The molecule has 4 rings (SSSR count). The van der Waals surface area contributed by atoms with Crippen LogP contribution in [-0.4, -0.2) is 4.98 Å². The fourth-order valence-electron chi connectivity index (χ4n) is 3.12. The molecule has 1 fully saturated rings. The van der Waals surface area contributed by atoms with Gasteiger partial charge in [-0.25, -0.2) is 4.98 Å². The molecule has 74 valence electrons. The van der Waals surface area contributed by atoms with Crippen molar-refractivity contribution in [1.82, 2.24) is 4.98 Å². The summed E-state index contributed by atoms with van der Waals surface area (Å²) in [6.45, 7) is 4.76. The zero-order valence-corrected chi connectivity index (χ0v) is 9.30. The van der Waals surface area contributed by atoms with E-state index in [1.807, 2.05) is 6.20 Å². The standard InChI is InChI=1S/C12H14ClN/c1-12(2)8-3-7-6-14-11(13)5-9(7)10(12)4-8/h5-6,8,10H,3-4H2,1-2H3. The predicted molar refractivity (Wildman–Crippen MR) is 57.6 cm³/mol. The van der Waals surface area contributed by atoms with E-state index in [1.54, 1.807) is 0 Å². The maximum atomic E-state index is 5.94. The predicted octanol–water partition coefficient (Wildman–Crippen LogP) is 3.42. The summed E-state index contributed by atoms with van der Waals surface area (Å²) in [4.78, 5) is 4.16. The zero-order valence-electron chi connectivity index (χ0n) is 8.55. The van der Waals surface area contributed by atoms with Crippen LogP contribution in [0.5, 0.6) is 0 Å². The summed E-state index contributed by atoms with van der Waals surface area (Å²) in [5, 5.41) is 0.643. The van der Waals surface area contributed by atoms with Crippen molar-refractivity contribution >= 4 is 11.6 Å². The van der Waals surface area contributed by atoms with E-state index in [-0.39, 0.29) is 0 Å². The van der Waals surface area contributed by atoms with Gasteiger partial charge in [0, 0.05) is 6.20 Å². The molecule has 3 aliphatic rings. The second-order valence-corrected chi connectivity index (χ2v) is 5.60. The second-order valence-electron chi connectivity index (χ2n) is 5.22. The minimum atomic E-state index is 0.484. The van der Waals surface area contributed by atoms with E-state index in [0.29, 0.717) is 10.6 Å². The number of nitrogens with zero attached hydrogens (tertiary/aromatic N) is 1. The van der Waals surface area contributed by atoms with Crippen molar-refractivity contribution in [1.29, 1.82) is 0 Å². The average Bonchev–Trinajstić information content (AvgIpc) is 2.16. The van der Waals surface area contributed by atoms with E-state index in [2.05, 4.69) is 24.9 Å². The molecule has 14 heavy (non-hydrogen) atoms. The Morgan fingerprint density at radius 3 is 3.00 bits per heavy atom. The van der Waals surface area contributed by atoms with Gasteiger partial charge in [-0.2, -0.15) is 0 Å². The van der Waals surface area contributed by atoms with Crippen LogP contribution in [0.25, 0.3) is 0 Å². The van der Waals surface area contributed by atoms with Crippen LogP contribution in [0, 0.1) is 11.3 Å². The van der Waals surface area contributed by atoms with Gasteiger partial charge in [0.05, 0.1) is 0 Å². The molecule has 2 bridgehead atoms. The molecule has 1 aromatic heterocycles. The van der Waals surface area contributed by atoms with Crippen LogP contribution in [-0.2, 0) is 6.42 Å². The van der Waals surface area contributed by atoms with Gasteiger partial charge in [0.15, 0.2) is 0 Å². The maximum absolute atomic E-state index is 5.94. The van der Waals surface area contributed by atoms with Gasteiger partial charge in [-0.15, -0.1) is 0 Å². The summed E-state index contributed by atoms with van der Waals surface area (Å²) in [6.07, 6.45) is 4.51. The molecule has 2 unspecified atom stereocenters. The van der Waals surface area contributed by atoms with E-state index in [9.17, 15) is 0 Å². The van der Waals surface area contributed by atoms with Crippen LogP contribution < -0.4 is 0 Å². The van der Waals surface area contributed by atoms with Crippen molar-refractivity contribution < 1.29 is 0 Å². The molecule has 1 heterocycles. The van der Waals surface area contributed by atoms with Gasteiger partial charge < -0.3 is 0 Å². The second kappa shape index (κ2) is 2.52. The first-order valence-electron chi connectivity index (χ1n) is 5.23. The van der Waals surface area contributed by atoms with Crippen molar-refractivity contribution in [2.24, 2.45) is 11.3 Å². The molecule has 0 aliphatic heterocycles. The van der Waals surface area contributed by atoms with Gasteiger partial charge in [0.2, 0.25) is 0 Å². The molecular weight excluding hydrogens is 194 g/mol. The van der Waals surface area contributed by atoms with Crippen molar-refractivity contribution in [3.05, 3.63) is 28.5 Å². The van der Waals surface area contributed by atoms with Gasteiger partial charge in [0.1, 0.15) is 5.15 Å². The van der Waals surface area contributed by atoms with Gasteiger partial charge in [0.25, 0.3) is 0 Å². The molecule has 1 saturated carbocycles. The van der Waals surface area contributed by atoms with Crippen molar-refractivity contribution in [3.8, 4) is 0 Å². The Labute approximate surface area is 89.5 Å². The first-order valence-corrected chi connectivity index (χ1v) is 5.61.